The molecule has 3 aromatic rings. The molecular weight excluding hydrogens is 436 g/mol. The zero-order chi connectivity index (χ0) is 24.6. The number of hydrogen-bond donors (Lipinski definition) is 1. The van der Waals surface area contributed by atoms with Crippen molar-refractivity contribution in [1.82, 2.24) is 0 Å². The zero-order valence-electron chi connectivity index (χ0n) is 18.8. The molecule has 0 radical (unpaired) electrons. The molecule has 172 valence electrons. The molecule has 1 aliphatic rings. The van der Waals surface area contributed by atoms with Crippen molar-refractivity contribution in [3.05, 3.63) is 105 Å². The van der Waals surface area contributed by atoms with Gasteiger partial charge in [-0.05, 0) is 43.2 Å². The van der Waals surface area contributed by atoms with Crippen molar-refractivity contribution >= 4 is 28.8 Å². The number of ketones is 1. The number of ether oxygens (including phenoxy) is 1. The van der Waals surface area contributed by atoms with Crippen LogP contribution in [0.3, 0.4) is 0 Å². The lowest BCUT2D eigenvalue weighted by atomic mass is 9.94. The highest BCUT2D eigenvalue weighted by atomic mass is 16.6. The third-order valence-corrected chi connectivity index (χ3v) is 5.80. The van der Waals surface area contributed by atoms with Gasteiger partial charge in [0.1, 0.15) is 11.5 Å². The molecule has 0 aromatic heterocycles. The van der Waals surface area contributed by atoms with Crippen LogP contribution in [0.5, 0.6) is 5.75 Å². The number of nitrogens with zero attached hydrogens (tertiary/aromatic N) is 2. The van der Waals surface area contributed by atoms with Gasteiger partial charge in [0, 0.05) is 23.4 Å². The Bertz CT molecular complexity index is 1360. The number of aliphatic hydroxyl groups is 1. The molecule has 1 saturated heterocycles. The highest BCUT2D eigenvalue weighted by Gasteiger charge is 2.47. The number of rotatable bonds is 5. The molecule has 8 nitrogen and oxygen atoms in total. The summed E-state index contributed by atoms with van der Waals surface area (Å²) in [5.41, 5.74) is 2.52. The quantitative estimate of drug-likeness (QED) is 0.192. The van der Waals surface area contributed by atoms with E-state index in [-0.39, 0.29) is 16.8 Å². The molecule has 1 amide bonds. The van der Waals surface area contributed by atoms with E-state index in [2.05, 4.69) is 0 Å². The number of aryl methyl sites for hydroxylation is 2. The van der Waals surface area contributed by atoms with Crippen molar-refractivity contribution in [2.45, 2.75) is 19.9 Å². The van der Waals surface area contributed by atoms with Crippen LogP contribution in [-0.2, 0) is 9.59 Å². The monoisotopic (exact) mass is 458 g/mol. The predicted molar refractivity (Wildman–Crippen MR) is 127 cm³/mol. The van der Waals surface area contributed by atoms with Crippen LogP contribution in [0, 0.1) is 24.0 Å². The number of nitro groups is 1. The van der Waals surface area contributed by atoms with Gasteiger partial charge in [0.2, 0.25) is 0 Å². The molecule has 1 unspecified atom stereocenters. The first kappa shape index (κ1) is 22.7. The van der Waals surface area contributed by atoms with Gasteiger partial charge in [-0.15, -0.1) is 0 Å². The van der Waals surface area contributed by atoms with E-state index >= 15 is 0 Å². The fraction of sp³-hybridized carbons (Fsp3) is 0.154. The minimum absolute atomic E-state index is 0.0701. The van der Waals surface area contributed by atoms with Gasteiger partial charge in [0.05, 0.1) is 23.6 Å². The molecule has 0 spiro atoms. The lowest BCUT2D eigenvalue weighted by molar-refractivity contribution is -0.384. The van der Waals surface area contributed by atoms with E-state index in [0.717, 1.165) is 11.1 Å². The van der Waals surface area contributed by atoms with E-state index < -0.39 is 28.4 Å². The van der Waals surface area contributed by atoms with Crippen LogP contribution in [0.2, 0.25) is 0 Å². The number of methoxy groups -OCH3 is 1. The highest BCUT2D eigenvalue weighted by Crippen LogP contribution is 2.44. The van der Waals surface area contributed by atoms with Gasteiger partial charge in [-0.3, -0.25) is 24.6 Å². The molecule has 0 bridgehead atoms. The average Bonchev–Trinajstić information content (AvgIpc) is 3.09. The summed E-state index contributed by atoms with van der Waals surface area (Å²) in [5.74, 6) is -1.65. The molecule has 8 heteroatoms. The summed E-state index contributed by atoms with van der Waals surface area (Å²) in [5, 5.41) is 22.4. The smallest absolute Gasteiger partial charge is 0.300 e. The second-order valence-corrected chi connectivity index (χ2v) is 8.04. The SMILES string of the molecule is COc1cccc(C2/C(=C(/O)c3cccc([N+](=O)[O-])c3)C(=O)C(=O)N2c2ccc(C)cc2C)c1. The first-order valence-electron chi connectivity index (χ1n) is 10.5. The number of carbonyl (C=O) groups is 2. The van der Waals surface area contributed by atoms with Crippen LogP contribution in [0.25, 0.3) is 5.76 Å². The summed E-state index contributed by atoms with van der Waals surface area (Å²) in [7, 11) is 1.50. The number of aliphatic hydroxyl groups excluding tert-OH is 1. The summed E-state index contributed by atoms with van der Waals surface area (Å²) in [6.07, 6.45) is 0. The summed E-state index contributed by atoms with van der Waals surface area (Å²) < 4.78 is 5.33. The van der Waals surface area contributed by atoms with Gasteiger partial charge >= 0.3 is 0 Å². The predicted octanol–water partition coefficient (Wildman–Crippen LogP) is 4.85. The van der Waals surface area contributed by atoms with Crippen LogP contribution in [-0.4, -0.2) is 28.8 Å². The molecule has 0 saturated carbocycles. The lowest BCUT2D eigenvalue weighted by Crippen LogP contribution is -2.30. The van der Waals surface area contributed by atoms with Gasteiger partial charge in [0.25, 0.3) is 17.4 Å². The summed E-state index contributed by atoms with van der Waals surface area (Å²) in [6, 6.07) is 16.7. The number of benzene rings is 3. The van der Waals surface area contributed by atoms with Crippen molar-refractivity contribution in [3.63, 3.8) is 0 Å². The van der Waals surface area contributed by atoms with Crippen molar-refractivity contribution < 1.29 is 24.4 Å². The molecule has 3 aromatic carbocycles. The molecule has 34 heavy (non-hydrogen) atoms. The molecule has 1 aliphatic heterocycles. The Labute approximate surface area is 195 Å². The van der Waals surface area contributed by atoms with Crippen LogP contribution < -0.4 is 9.64 Å². The largest absolute Gasteiger partial charge is 0.507 e. The second kappa shape index (κ2) is 8.82. The molecule has 1 N–H and O–H groups in total. The Balaban J connectivity index is 1.98. The topological polar surface area (TPSA) is 110 Å². The van der Waals surface area contributed by atoms with Gasteiger partial charge in [-0.1, -0.05) is 42.0 Å². The maximum atomic E-state index is 13.3. The van der Waals surface area contributed by atoms with Gasteiger partial charge in [-0.25, -0.2) is 0 Å². The van der Waals surface area contributed by atoms with Gasteiger partial charge in [0.15, 0.2) is 0 Å². The van der Waals surface area contributed by atoms with Gasteiger partial charge in [-0.2, -0.15) is 0 Å². The molecule has 1 heterocycles. The third kappa shape index (κ3) is 3.90. The van der Waals surface area contributed by atoms with Crippen molar-refractivity contribution in [3.8, 4) is 5.75 Å². The van der Waals surface area contributed by atoms with E-state index in [0.29, 0.717) is 17.0 Å². The number of amides is 1. The molecule has 0 aliphatic carbocycles. The molecule has 1 atom stereocenters. The van der Waals surface area contributed by atoms with E-state index in [9.17, 15) is 24.8 Å². The minimum Gasteiger partial charge on any atom is -0.507 e. The minimum atomic E-state index is -0.962. The van der Waals surface area contributed by atoms with Gasteiger partial charge < -0.3 is 9.84 Å². The van der Waals surface area contributed by atoms with E-state index in [1.165, 1.54) is 36.3 Å². The zero-order valence-corrected chi connectivity index (χ0v) is 18.8. The fourth-order valence-corrected chi connectivity index (χ4v) is 4.21. The molecule has 1 fully saturated rings. The Morgan fingerprint density at radius 2 is 1.76 bits per heavy atom. The van der Waals surface area contributed by atoms with E-state index in [4.69, 9.17) is 4.74 Å². The van der Waals surface area contributed by atoms with Crippen LogP contribution in [0.1, 0.15) is 28.3 Å². The molecule has 4 rings (SSSR count). The Morgan fingerprint density at radius 1 is 1.03 bits per heavy atom. The highest BCUT2D eigenvalue weighted by molar-refractivity contribution is 6.51. The Morgan fingerprint density at radius 3 is 2.44 bits per heavy atom. The molecular formula is C26H22N2O6. The summed E-state index contributed by atoms with van der Waals surface area (Å²) in [4.78, 5) is 38.6. The van der Waals surface area contributed by atoms with E-state index in [1.807, 2.05) is 26.0 Å². The summed E-state index contributed by atoms with van der Waals surface area (Å²) in [6.45, 7) is 3.76. The number of non-ortho nitro benzene ring substituents is 1. The van der Waals surface area contributed by atoms with Crippen LogP contribution in [0.15, 0.2) is 72.3 Å². The number of hydrogen-bond acceptors (Lipinski definition) is 6. The maximum Gasteiger partial charge on any atom is 0.300 e. The fourth-order valence-electron chi connectivity index (χ4n) is 4.21. The van der Waals surface area contributed by atoms with Crippen molar-refractivity contribution in [2.24, 2.45) is 0 Å². The third-order valence-electron chi connectivity index (χ3n) is 5.80. The standard InChI is InChI=1S/C26H22N2O6/c1-15-10-11-21(16(2)12-15)27-23(17-6-5-9-20(14-17)34-3)22(25(30)26(27)31)24(29)18-7-4-8-19(13-18)28(32)33/h4-14,23,29H,1-3H3/b24-22-. The second-order valence-electron chi connectivity index (χ2n) is 8.04. The first-order chi connectivity index (χ1) is 16.2. The van der Waals surface area contributed by atoms with Crippen LogP contribution in [0.4, 0.5) is 11.4 Å². The summed E-state index contributed by atoms with van der Waals surface area (Å²) >= 11 is 0. The lowest BCUT2D eigenvalue weighted by Gasteiger charge is -2.27. The normalized spacial score (nSPS) is 17.1. The number of Topliss-reactive ketones (excluding diaryl/α,β-unsaturated/α-hetero) is 1. The van der Waals surface area contributed by atoms with Crippen molar-refractivity contribution in [2.75, 3.05) is 12.0 Å². The number of anilines is 1. The van der Waals surface area contributed by atoms with Crippen molar-refractivity contribution in [1.29, 1.82) is 0 Å². The number of carbonyl (C=O) groups excluding carboxylic acids is 2. The van der Waals surface area contributed by atoms with Crippen LogP contribution >= 0.6 is 0 Å². The average molecular weight is 458 g/mol. The Hall–Kier alpha value is -4.46. The number of nitro benzene ring substituents is 1. The Kier molecular flexibility index (Phi) is 5.89. The first-order valence-corrected chi connectivity index (χ1v) is 10.5. The van der Waals surface area contributed by atoms with E-state index in [1.54, 1.807) is 30.3 Å². The maximum absolute atomic E-state index is 13.3.